The molecule has 0 heterocycles. The zero-order valence-corrected chi connectivity index (χ0v) is 13.0. The summed E-state index contributed by atoms with van der Waals surface area (Å²) in [6.45, 7) is 13.7. The summed E-state index contributed by atoms with van der Waals surface area (Å²) < 4.78 is 5.30. The van der Waals surface area contributed by atoms with Crippen molar-refractivity contribution in [3.05, 3.63) is 0 Å². The van der Waals surface area contributed by atoms with Gasteiger partial charge in [-0.25, -0.2) is 0 Å². The minimum Gasteiger partial charge on any atom is -0.459 e. The molecule has 0 aromatic rings. The molecule has 108 valence electrons. The van der Waals surface area contributed by atoms with Crippen LogP contribution in [-0.2, 0) is 9.53 Å². The van der Waals surface area contributed by atoms with Gasteiger partial charge in [-0.3, -0.25) is 4.79 Å². The molecular formula is C14H30N2O2. The third-order valence-electron chi connectivity index (χ3n) is 2.78. The molecule has 0 spiro atoms. The van der Waals surface area contributed by atoms with Crippen LogP contribution in [0.5, 0.6) is 0 Å². The molecule has 0 bridgehead atoms. The molecule has 18 heavy (non-hydrogen) atoms. The van der Waals surface area contributed by atoms with Gasteiger partial charge in [0.15, 0.2) is 0 Å². The minimum atomic E-state index is -0.412. The number of rotatable bonds is 7. The number of carbonyl (C=O) groups excluding carboxylic acids is 1. The van der Waals surface area contributed by atoms with E-state index in [-0.39, 0.29) is 12.0 Å². The largest absolute Gasteiger partial charge is 0.459 e. The maximum atomic E-state index is 11.7. The lowest BCUT2D eigenvalue weighted by Crippen LogP contribution is -2.40. The van der Waals surface area contributed by atoms with Gasteiger partial charge in [0.25, 0.3) is 0 Å². The molecule has 0 saturated carbocycles. The monoisotopic (exact) mass is 258 g/mol. The first-order valence-electron chi connectivity index (χ1n) is 6.80. The fourth-order valence-electron chi connectivity index (χ4n) is 1.38. The number of hydrogen-bond acceptors (Lipinski definition) is 4. The number of ether oxygens (including phenoxy) is 1. The fraction of sp³-hybridized carbons (Fsp3) is 0.929. The minimum absolute atomic E-state index is 0.181. The van der Waals surface area contributed by atoms with Crippen molar-refractivity contribution in [2.45, 2.75) is 65.6 Å². The summed E-state index contributed by atoms with van der Waals surface area (Å²) in [7, 11) is 2.11. The van der Waals surface area contributed by atoms with Gasteiger partial charge in [0.1, 0.15) is 11.6 Å². The Morgan fingerprint density at radius 2 is 1.83 bits per heavy atom. The Morgan fingerprint density at radius 3 is 2.28 bits per heavy atom. The predicted molar refractivity (Wildman–Crippen MR) is 75.7 cm³/mol. The first kappa shape index (κ1) is 17.4. The molecule has 0 saturated heterocycles. The normalized spacial score (nSPS) is 14.1. The highest BCUT2D eigenvalue weighted by molar-refractivity contribution is 5.75. The zero-order chi connectivity index (χ0) is 14.3. The molecule has 0 aromatic carbocycles. The van der Waals surface area contributed by atoms with Crippen LogP contribution in [0.2, 0.25) is 0 Å². The van der Waals surface area contributed by atoms with E-state index in [9.17, 15) is 4.79 Å². The smallest absolute Gasteiger partial charge is 0.323 e. The van der Waals surface area contributed by atoms with E-state index < -0.39 is 5.60 Å². The Kier molecular flexibility index (Phi) is 7.48. The van der Waals surface area contributed by atoms with E-state index in [1.807, 2.05) is 27.7 Å². The second kappa shape index (κ2) is 7.74. The number of esters is 1. The summed E-state index contributed by atoms with van der Waals surface area (Å²) in [6, 6.07) is 0.321. The Labute approximate surface area is 112 Å². The summed E-state index contributed by atoms with van der Waals surface area (Å²) in [6.07, 6.45) is 1.03. The van der Waals surface area contributed by atoms with Crippen molar-refractivity contribution in [1.82, 2.24) is 10.2 Å². The van der Waals surface area contributed by atoms with Gasteiger partial charge < -0.3 is 15.0 Å². The van der Waals surface area contributed by atoms with Crippen molar-refractivity contribution in [3.63, 3.8) is 0 Å². The van der Waals surface area contributed by atoms with Gasteiger partial charge in [0.05, 0.1) is 0 Å². The molecule has 0 aliphatic carbocycles. The third-order valence-corrected chi connectivity index (χ3v) is 2.78. The number of nitrogens with one attached hydrogen (secondary N) is 1. The average molecular weight is 258 g/mol. The Hall–Kier alpha value is -0.610. The lowest BCUT2D eigenvalue weighted by Gasteiger charge is -2.23. The van der Waals surface area contributed by atoms with Gasteiger partial charge in [-0.2, -0.15) is 0 Å². The molecule has 1 unspecified atom stereocenters. The van der Waals surface area contributed by atoms with Crippen molar-refractivity contribution in [2.75, 3.05) is 20.1 Å². The van der Waals surface area contributed by atoms with E-state index in [1.165, 1.54) is 0 Å². The molecule has 0 amide bonds. The fourth-order valence-corrected chi connectivity index (χ4v) is 1.38. The van der Waals surface area contributed by atoms with Gasteiger partial charge in [0, 0.05) is 6.04 Å². The van der Waals surface area contributed by atoms with Gasteiger partial charge in [-0.1, -0.05) is 0 Å². The molecule has 0 fully saturated rings. The third kappa shape index (κ3) is 8.48. The van der Waals surface area contributed by atoms with Crippen LogP contribution in [0.15, 0.2) is 0 Å². The van der Waals surface area contributed by atoms with Crippen LogP contribution in [0.1, 0.15) is 48.0 Å². The molecule has 4 heteroatoms. The molecule has 0 aliphatic rings. The average Bonchev–Trinajstić information content (AvgIpc) is 2.20. The van der Waals surface area contributed by atoms with E-state index in [1.54, 1.807) is 0 Å². The number of carbonyl (C=O) groups is 1. The summed E-state index contributed by atoms with van der Waals surface area (Å²) in [4.78, 5) is 14.0. The quantitative estimate of drug-likeness (QED) is 0.560. The second-order valence-electron chi connectivity index (χ2n) is 6.14. The summed E-state index contributed by atoms with van der Waals surface area (Å²) in [5, 5.41) is 3.20. The first-order chi connectivity index (χ1) is 8.13. The highest BCUT2D eigenvalue weighted by atomic mass is 16.6. The van der Waals surface area contributed by atoms with E-state index in [0.29, 0.717) is 6.04 Å². The molecule has 0 aliphatic heterocycles. The highest BCUT2D eigenvalue weighted by Gasteiger charge is 2.20. The summed E-state index contributed by atoms with van der Waals surface area (Å²) >= 11 is 0. The van der Waals surface area contributed by atoms with Crippen molar-refractivity contribution >= 4 is 5.97 Å². The van der Waals surface area contributed by atoms with Crippen LogP contribution in [-0.4, -0.2) is 48.7 Å². The van der Waals surface area contributed by atoms with Crippen LogP contribution < -0.4 is 5.32 Å². The summed E-state index contributed by atoms with van der Waals surface area (Å²) in [5.41, 5.74) is -0.412. The maximum absolute atomic E-state index is 11.7. The number of nitrogens with zero attached hydrogens (tertiary/aromatic N) is 1. The van der Waals surface area contributed by atoms with Crippen molar-refractivity contribution in [3.8, 4) is 0 Å². The van der Waals surface area contributed by atoms with E-state index in [2.05, 4.69) is 31.1 Å². The van der Waals surface area contributed by atoms with Crippen LogP contribution in [0.3, 0.4) is 0 Å². The Bertz CT molecular complexity index is 247. The number of hydrogen-bond donors (Lipinski definition) is 1. The van der Waals surface area contributed by atoms with Gasteiger partial charge in [-0.15, -0.1) is 0 Å². The maximum Gasteiger partial charge on any atom is 0.323 e. The van der Waals surface area contributed by atoms with Crippen LogP contribution >= 0.6 is 0 Å². The van der Waals surface area contributed by atoms with Crippen LogP contribution in [0.4, 0.5) is 0 Å². The first-order valence-corrected chi connectivity index (χ1v) is 6.80. The Balaban J connectivity index is 3.77. The lowest BCUT2D eigenvalue weighted by atomic mass is 10.2. The molecule has 0 aromatic heterocycles. The summed E-state index contributed by atoms with van der Waals surface area (Å²) in [5.74, 6) is -0.181. The van der Waals surface area contributed by atoms with Crippen molar-refractivity contribution in [2.24, 2.45) is 0 Å². The van der Waals surface area contributed by atoms with Gasteiger partial charge >= 0.3 is 5.97 Å². The highest BCUT2D eigenvalue weighted by Crippen LogP contribution is 2.08. The topological polar surface area (TPSA) is 41.6 Å². The SMILES string of the molecule is CC(NCCCN(C)C(C)C)C(=O)OC(C)(C)C. The van der Waals surface area contributed by atoms with Crippen LogP contribution in [0, 0.1) is 0 Å². The lowest BCUT2D eigenvalue weighted by molar-refractivity contribution is -0.156. The van der Waals surface area contributed by atoms with Crippen LogP contribution in [0.25, 0.3) is 0 Å². The molecule has 1 atom stereocenters. The van der Waals surface area contributed by atoms with E-state index >= 15 is 0 Å². The van der Waals surface area contributed by atoms with E-state index in [4.69, 9.17) is 4.74 Å². The molecule has 0 radical (unpaired) electrons. The Morgan fingerprint density at radius 1 is 1.28 bits per heavy atom. The van der Waals surface area contributed by atoms with Gasteiger partial charge in [-0.05, 0) is 68.1 Å². The standard InChI is InChI=1S/C14H30N2O2/c1-11(2)16(7)10-8-9-15-12(3)13(17)18-14(4,5)6/h11-12,15H,8-10H2,1-7H3. The van der Waals surface area contributed by atoms with Gasteiger partial charge in [0.2, 0.25) is 0 Å². The predicted octanol–water partition coefficient (Wildman–Crippen LogP) is 2.04. The zero-order valence-electron chi connectivity index (χ0n) is 13.0. The van der Waals surface area contributed by atoms with E-state index in [0.717, 1.165) is 19.5 Å². The second-order valence-corrected chi connectivity index (χ2v) is 6.14. The molecule has 1 N–H and O–H groups in total. The van der Waals surface area contributed by atoms with Crippen molar-refractivity contribution < 1.29 is 9.53 Å². The molecule has 0 rings (SSSR count). The molecule has 4 nitrogen and oxygen atoms in total. The molecular weight excluding hydrogens is 228 g/mol. The van der Waals surface area contributed by atoms with Crippen molar-refractivity contribution in [1.29, 1.82) is 0 Å².